The largest absolute Gasteiger partial charge is 0.328 e. The highest BCUT2D eigenvalue weighted by molar-refractivity contribution is 5.36. The van der Waals surface area contributed by atoms with Crippen LogP contribution in [0.5, 0.6) is 0 Å². The van der Waals surface area contributed by atoms with Crippen LogP contribution in [0.1, 0.15) is 12.5 Å². The van der Waals surface area contributed by atoms with E-state index in [-0.39, 0.29) is 6.04 Å². The van der Waals surface area contributed by atoms with Crippen molar-refractivity contribution in [3.8, 4) is 5.69 Å². The first kappa shape index (κ1) is 9.99. The maximum Gasteiger partial charge on any atom is 0.0452 e. The minimum Gasteiger partial charge on any atom is -0.328 e. The fraction of sp³-hybridized carbons (Fsp3) is 0.231. The standard InChI is InChI=1S/C13H16N2/c1-11(14)9-12-5-4-6-13(10-12)15-7-2-3-8-15/h2-8,10-11H,9,14H2,1H3. The maximum absolute atomic E-state index is 5.79. The van der Waals surface area contributed by atoms with E-state index >= 15 is 0 Å². The Morgan fingerprint density at radius 2 is 1.93 bits per heavy atom. The number of rotatable bonds is 3. The Morgan fingerprint density at radius 3 is 2.60 bits per heavy atom. The van der Waals surface area contributed by atoms with Crippen molar-refractivity contribution in [2.24, 2.45) is 5.73 Å². The summed E-state index contributed by atoms with van der Waals surface area (Å²) in [5.74, 6) is 0. The molecule has 0 saturated carbocycles. The van der Waals surface area contributed by atoms with Gasteiger partial charge in [-0.05, 0) is 43.2 Å². The van der Waals surface area contributed by atoms with E-state index in [1.807, 2.05) is 31.5 Å². The highest BCUT2D eigenvalue weighted by atomic mass is 14.9. The average Bonchev–Trinajstić information content (AvgIpc) is 2.69. The number of nitrogens with zero attached hydrogens (tertiary/aromatic N) is 1. The van der Waals surface area contributed by atoms with E-state index in [4.69, 9.17) is 5.73 Å². The van der Waals surface area contributed by atoms with Crippen molar-refractivity contribution in [1.29, 1.82) is 0 Å². The van der Waals surface area contributed by atoms with Gasteiger partial charge in [0.05, 0.1) is 0 Å². The van der Waals surface area contributed by atoms with Crippen molar-refractivity contribution in [1.82, 2.24) is 4.57 Å². The molecule has 1 heterocycles. The fourth-order valence-electron chi connectivity index (χ4n) is 1.72. The van der Waals surface area contributed by atoms with Crippen LogP contribution in [-0.4, -0.2) is 10.6 Å². The number of hydrogen-bond donors (Lipinski definition) is 1. The molecule has 1 aromatic heterocycles. The van der Waals surface area contributed by atoms with Crippen LogP contribution in [-0.2, 0) is 6.42 Å². The summed E-state index contributed by atoms with van der Waals surface area (Å²) in [6, 6.07) is 12.7. The fourth-order valence-corrected chi connectivity index (χ4v) is 1.72. The van der Waals surface area contributed by atoms with E-state index in [1.165, 1.54) is 11.3 Å². The maximum atomic E-state index is 5.79. The summed E-state index contributed by atoms with van der Waals surface area (Å²) < 4.78 is 2.10. The van der Waals surface area contributed by atoms with E-state index in [0.29, 0.717) is 0 Å². The number of nitrogens with two attached hydrogens (primary N) is 1. The van der Waals surface area contributed by atoms with Crippen molar-refractivity contribution in [3.05, 3.63) is 54.4 Å². The van der Waals surface area contributed by atoms with Crippen LogP contribution in [0.3, 0.4) is 0 Å². The van der Waals surface area contributed by atoms with Gasteiger partial charge in [-0.15, -0.1) is 0 Å². The lowest BCUT2D eigenvalue weighted by Gasteiger charge is -2.08. The van der Waals surface area contributed by atoms with Crippen LogP contribution in [0.15, 0.2) is 48.8 Å². The Labute approximate surface area is 90.3 Å². The third-order valence-electron chi connectivity index (χ3n) is 2.37. The van der Waals surface area contributed by atoms with Gasteiger partial charge in [0.2, 0.25) is 0 Å². The van der Waals surface area contributed by atoms with Gasteiger partial charge >= 0.3 is 0 Å². The van der Waals surface area contributed by atoms with Crippen LogP contribution in [0.4, 0.5) is 0 Å². The lowest BCUT2D eigenvalue weighted by Crippen LogP contribution is -2.17. The summed E-state index contributed by atoms with van der Waals surface area (Å²) in [5, 5.41) is 0. The second-order valence-corrected chi connectivity index (χ2v) is 3.94. The molecule has 0 aliphatic carbocycles. The van der Waals surface area contributed by atoms with Gasteiger partial charge in [0.25, 0.3) is 0 Å². The Balaban J connectivity index is 2.27. The SMILES string of the molecule is CC(N)Cc1cccc(-n2cccc2)c1. The van der Waals surface area contributed by atoms with Crippen LogP contribution in [0.25, 0.3) is 5.69 Å². The Kier molecular flexibility index (Phi) is 2.88. The van der Waals surface area contributed by atoms with Gasteiger partial charge in [-0.2, -0.15) is 0 Å². The zero-order valence-corrected chi connectivity index (χ0v) is 8.93. The third-order valence-corrected chi connectivity index (χ3v) is 2.37. The van der Waals surface area contributed by atoms with Gasteiger partial charge in [-0.1, -0.05) is 12.1 Å². The summed E-state index contributed by atoms with van der Waals surface area (Å²) in [6.07, 6.45) is 5.02. The zero-order chi connectivity index (χ0) is 10.7. The Morgan fingerprint density at radius 1 is 1.20 bits per heavy atom. The Bertz CT molecular complexity index is 416. The highest BCUT2D eigenvalue weighted by Crippen LogP contribution is 2.11. The molecule has 1 atom stereocenters. The number of hydrogen-bond acceptors (Lipinski definition) is 1. The molecule has 0 aliphatic rings. The summed E-state index contributed by atoms with van der Waals surface area (Å²) >= 11 is 0. The van der Waals surface area contributed by atoms with E-state index in [1.54, 1.807) is 0 Å². The molecule has 2 aromatic rings. The molecule has 0 radical (unpaired) electrons. The molecule has 0 fully saturated rings. The van der Waals surface area contributed by atoms with Gasteiger partial charge in [-0.3, -0.25) is 0 Å². The third kappa shape index (κ3) is 2.48. The molecular weight excluding hydrogens is 184 g/mol. The zero-order valence-electron chi connectivity index (χ0n) is 8.93. The predicted octanol–water partition coefficient (Wildman–Crippen LogP) is 2.37. The molecule has 2 nitrogen and oxygen atoms in total. The number of aromatic nitrogens is 1. The lowest BCUT2D eigenvalue weighted by atomic mass is 10.1. The normalized spacial score (nSPS) is 12.7. The summed E-state index contributed by atoms with van der Waals surface area (Å²) in [5.41, 5.74) is 8.27. The summed E-state index contributed by atoms with van der Waals surface area (Å²) in [7, 11) is 0. The van der Waals surface area contributed by atoms with E-state index in [2.05, 4.69) is 28.8 Å². The summed E-state index contributed by atoms with van der Waals surface area (Å²) in [6.45, 7) is 2.03. The number of benzene rings is 1. The monoisotopic (exact) mass is 200 g/mol. The van der Waals surface area contributed by atoms with Crippen molar-refractivity contribution < 1.29 is 0 Å². The van der Waals surface area contributed by atoms with E-state index < -0.39 is 0 Å². The minimum atomic E-state index is 0.213. The molecule has 15 heavy (non-hydrogen) atoms. The van der Waals surface area contributed by atoms with Crippen LogP contribution in [0, 0.1) is 0 Å². The first-order chi connectivity index (χ1) is 7.25. The minimum absolute atomic E-state index is 0.213. The van der Waals surface area contributed by atoms with Crippen molar-refractivity contribution >= 4 is 0 Å². The molecule has 0 amide bonds. The molecule has 78 valence electrons. The smallest absolute Gasteiger partial charge is 0.0452 e. The van der Waals surface area contributed by atoms with Crippen molar-refractivity contribution in [3.63, 3.8) is 0 Å². The average molecular weight is 200 g/mol. The molecular formula is C13H16N2. The van der Waals surface area contributed by atoms with E-state index in [9.17, 15) is 0 Å². The van der Waals surface area contributed by atoms with Crippen LogP contribution in [0.2, 0.25) is 0 Å². The molecule has 1 unspecified atom stereocenters. The van der Waals surface area contributed by atoms with Gasteiger partial charge < -0.3 is 10.3 Å². The van der Waals surface area contributed by atoms with Gasteiger partial charge in [0.1, 0.15) is 0 Å². The molecule has 2 rings (SSSR count). The van der Waals surface area contributed by atoms with Gasteiger partial charge in [0, 0.05) is 24.1 Å². The first-order valence-electron chi connectivity index (χ1n) is 5.23. The quantitative estimate of drug-likeness (QED) is 0.810. The molecule has 0 saturated heterocycles. The van der Waals surface area contributed by atoms with Crippen LogP contribution >= 0.6 is 0 Å². The second kappa shape index (κ2) is 4.32. The molecule has 0 bridgehead atoms. The molecule has 2 N–H and O–H groups in total. The topological polar surface area (TPSA) is 30.9 Å². The Hall–Kier alpha value is -1.54. The van der Waals surface area contributed by atoms with Crippen LogP contribution < -0.4 is 5.73 Å². The molecule has 0 spiro atoms. The first-order valence-corrected chi connectivity index (χ1v) is 5.23. The summed E-state index contributed by atoms with van der Waals surface area (Å²) in [4.78, 5) is 0. The van der Waals surface area contributed by atoms with E-state index in [0.717, 1.165) is 6.42 Å². The molecule has 2 heteroatoms. The lowest BCUT2D eigenvalue weighted by molar-refractivity contribution is 0.737. The van der Waals surface area contributed by atoms with Gasteiger partial charge in [0.15, 0.2) is 0 Å². The molecule has 1 aromatic carbocycles. The molecule has 0 aliphatic heterocycles. The highest BCUT2D eigenvalue weighted by Gasteiger charge is 2.00. The van der Waals surface area contributed by atoms with Crippen molar-refractivity contribution in [2.45, 2.75) is 19.4 Å². The van der Waals surface area contributed by atoms with Crippen molar-refractivity contribution in [2.75, 3.05) is 0 Å². The van der Waals surface area contributed by atoms with Gasteiger partial charge in [-0.25, -0.2) is 0 Å². The predicted molar refractivity (Wildman–Crippen MR) is 63.1 cm³/mol. The second-order valence-electron chi connectivity index (χ2n) is 3.94.